The lowest BCUT2D eigenvalue weighted by molar-refractivity contribution is 0.375. The van der Waals surface area contributed by atoms with Gasteiger partial charge in [-0.25, -0.2) is 0 Å². The molecule has 4 heteroatoms. The highest BCUT2D eigenvalue weighted by atomic mass is 16.5. The van der Waals surface area contributed by atoms with Gasteiger partial charge in [-0.05, 0) is 17.3 Å². The third-order valence-corrected chi connectivity index (χ3v) is 1.44. The molecule has 1 aromatic heterocycles. The van der Waals surface area contributed by atoms with Crippen molar-refractivity contribution < 1.29 is 14.7 Å². The lowest BCUT2D eigenvalue weighted by Gasteiger charge is -1.87. The van der Waals surface area contributed by atoms with Crippen molar-refractivity contribution >= 4 is 11.0 Å². The van der Waals surface area contributed by atoms with Gasteiger partial charge >= 0.3 is 0 Å². The van der Waals surface area contributed by atoms with Gasteiger partial charge in [0.1, 0.15) is 5.75 Å². The Morgan fingerprint density at radius 3 is 2.91 bits per heavy atom. The van der Waals surface area contributed by atoms with E-state index in [2.05, 4.69) is 9.68 Å². The average Bonchev–Trinajstić information content (AvgIpc) is 2.32. The quantitative estimate of drug-likeness (QED) is 0.594. The molecule has 0 bridgehead atoms. The molecule has 0 unspecified atom stereocenters. The van der Waals surface area contributed by atoms with Crippen molar-refractivity contribution in [3.63, 3.8) is 0 Å². The van der Waals surface area contributed by atoms with Crippen LogP contribution in [0.1, 0.15) is 0 Å². The van der Waals surface area contributed by atoms with E-state index in [9.17, 15) is 0 Å². The van der Waals surface area contributed by atoms with Crippen molar-refractivity contribution in [3.05, 3.63) is 18.2 Å². The molecule has 0 atom stereocenters. The fraction of sp³-hybridized carbons (Fsp3) is 0. The Balaban J connectivity index is 2.86. The summed E-state index contributed by atoms with van der Waals surface area (Å²) < 4.78 is 4.67. The maximum Gasteiger partial charge on any atom is 0.259 e. The molecule has 2 N–H and O–H groups in total. The number of benzene rings is 1. The Morgan fingerprint density at radius 1 is 1.27 bits per heavy atom. The van der Waals surface area contributed by atoms with Crippen LogP contribution in [0.5, 0.6) is 11.6 Å². The largest absolute Gasteiger partial charge is 0.508 e. The normalized spacial score (nSPS) is 10.5. The monoisotopic (exact) mass is 151 g/mol. The van der Waals surface area contributed by atoms with E-state index in [4.69, 9.17) is 10.2 Å². The summed E-state index contributed by atoms with van der Waals surface area (Å²) >= 11 is 0. The van der Waals surface area contributed by atoms with Crippen molar-refractivity contribution in [2.24, 2.45) is 0 Å². The van der Waals surface area contributed by atoms with Crippen LogP contribution in [0.25, 0.3) is 11.0 Å². The summed E-state index contributed by atoms with van der Waals surface area (Å²) in [7, 11) is 0. The van der Waals surface area contributed by atoms with Crippen molar-refractivity contribution in [2.75, 3.05) is 0 Å². The van der Waals surface area contributed by atoms with Crippen LogP contribution in [0.2, 0.25) is 0 Å². The molecule has 0 radical (unpaired) electrons. The molecule has 0 amide bonds. The fourth-order valence-corrected chi connectivity index (χ4v) is 0.913. The minimum atomic E-state index is -0.153. The SMILES string of the molecule is Oc1ccc2c(O)noc2c1. The Morgan fingerprint density at radius 2 is 2.09 bits per heavy atom. The van der Waals surface area contributed by atoms with E-state index in [1.165, 1.54) is 18.2 Å². The van der Waals surface area contributed by atoms with E-state index < -0.39 is 0 Å². The van der Waals surface area contributed by atoms with Gasteiger partial charge in [0.15, 0.2) is 5.58 Å². The smallest absolute Gasteiger partial charge is 0.259 e. The number of aromatic nitrogens is 1. The summed E-state index contributed by atoms with van der Waals surface area (Å²) in [5.74, 6) is -0.0614. The first-order valence-corrected chi connectivity index (χ1v) is 3.05. The third-order valence-electron chi connectivity index (χ3n) is 1.44. The third kappa shape index (κ3) is 0.797. The molecule has 11 heavy (non-hydrogen) atoms. The number of nitrogens with zero attached hydrogens (tertiary/aromatic N) is 1. The molecule has 0 saturated heterocycles. The van der Waals surface area contributed by atoms with Crippen LogP contribution >= 0.6 is 0 Å². The highest BCUT2D eigenvalue weighted by molar-refractivity contribution is 5.82. The second kappa shape index (κ2) is 1.88. The Kier molecular flexibility index (Phi) is 1.03. The van der Waals surface area contributed by atoms with Crippen LogP contribution in [0.4, 0.5) is 0 Å². The van der Waals surface area contributed by atoms with Crippen LogP contribution in [0.3, 0.4) is 0 Å². The maximum absolute atomic E-state index is 9.02. The highest BCUT2D eigenvalue weighted by Crippen LogP contribution is 2.26. The zero-order valence-corrected chi connectivity index (χ0v) is 5.48. The highest BCUT2D eigenvalue weighted by Gasteiger charge is 2.05. The van der Waals surface area contributed by atoms with Crippen molar-refractivity contribution in [3.8, 4) is 11.6 Å². The van der Waals surface area contributed by atoms with Crippen molar-refractivity contribution in [2.45, 2.75) is 0 Å². The number of hydrogen-bond donors (Lipinski definition) is 2. The van der Waals surface area contributed by atoms with E-state index >= 15 is 0 Å². The number of phenols is 1. The molecular formula is C7H5NO3. The maximum atomic E-state index is 9.02. The van der Waals surface area contributed by atoms with Crippen LogP contribution < -0.4 is 0 Å². The Bertz CT molecular complexity index is 393. The molecular weight excluding hydrogens is 146 g/mol. The topological polar surface area (TPSA) is 66.5 Å². The number of fused-ring (bicyclic) bond motifs is 1. The second-order valence-electron chi connectivity index (χ2n) is 2.19. The summed E-state index contributed by atoms with van der Waals surface area (Å²) in [5.41, 5.74) is 0.377. The molecule has 1 heterocycles. The second-order valence-corrected chi connectivity index (χ2v) is 2.19. The van der Waals surface area contributed by atoms with E-state index in [1.54, 1.807) is 0 Å². The predicted octanol–water partition coefficient (Wildman–Crippen LogP) is 1.24. The number of hydrogen-bond acceptors (Lipinski definition) is 4. The fourth-order valence-electron chi connectivity index (χ4n) is 0.913. The van der Waals surface area contributed by atoms with Gasteiger partial charge in [-0.3, -0.25) is 0 Å². The van der Waals surface area contributed by atoms with Gasteiger partial charge in [-0.1, -0.05) is 0 Å². The van der Waals surface area contributed by atoms with Gasteiger partial charge in [-0.2, -0.15) is 0 Å². The van der Waals surface area contributed by atoms with E-state index in [0.717, 1.165) is 0 Å². The van der Waals surface area contributed by atoms with Gasteiger partial charge < -0.3 is 14.7 Å². The zero-order valence-electron chi connectivity index (χ0n) is 5.48. The number of rotatable bonds is 0. The summed E-state index contributed by atoms with van der Waals surface area (Å²) in [6.45, 7) is 0. The van der Waals surface area contributed by atoms with Gasteiger partial charge in [0.2, 0.25) is 0 Å². The molecule has 2 aromatic rings. The predicted molar refractivity (Wildman–Crippen MR) is 37.3 cm³/mol. The van der Waals surface area contributed by atoms with Gasteiger partial charge in [0.05, 0.1) is 5.39 Å². The van der Waals surface area contributed by atoms with Crippen LogP contribution in [-0.2, 0) is 0 Å². The molecule has 0 fully saturated rings. The molecule has 2 rings (SSSR count). The van der Waals surface area contributed by atoms with E-state index in [1.807, 2.05) is 0 Å². The first kappa shape index (κ1) is 6.03. The minimum Gasteiger partial charge on any atom is -0.508 e. The van der Waals surface area contributed by atoms with E-state index in [0.29, 0.717) is 11.0 Å². The van der Waals surface area contributed by atoms with Gasteiger partial charge in [0.25, 0.3) is 5.88 Å². The van der Waals surface area contributed by atoms with Crippen molar-refractivity contribution in [1.82, 2.24) is 5.16 Å². The minimum absolute atomic E-state index is 0.0913. The molecule has 4 nitrogen and oxygen atoms in total. The first-order valence-electron chi connectivity index (χ1n) is 3.05. The molecule has 1 aromatic carbocycles. The summed E-state index contributed by atoms with van der Waals surface area (Å²) in [6.07, 6.45) is 0. The lowest BCUT2D eigenvalue weighted by Crippen LogP contribution is -1.64. The van der Waals surface area contributed by atoms with Crippen LogP contribution in [0, 0.1) is 0 Å². The van der Waals surface area contributed by atoms with Crippen LogP contribution in [-0.4, -0.2) is 15.4 Å². The van der Waals surface area contributed by atoms with Gasteiger partial charge in [0, 0.05) is 6.07 Å². The summed E-state index contributed by atoms with van der Waals surface area (Å²) in [4.78, 5) is 0. The molecule has 0 spiro atoms. The Labute approximate surface area is 61.7 Å². The molecule has 0 aliphatic heterocycles. The lowest BCUT2D eigenvalue weighted by atomic mass is 10.2. The molecule has 0 saturated carbocycles. The van der Waals surface area contributed by atoms with E-state index in [-0.39, 0.29) is 11.6 Å². The standard InChI is InChI=1S/C7H5NO3/c9-4-1-2-5-6(3-4)11-8-7(5)10/h1-3,9H,(H,8,10). The molecule has 0 aliphatic rings. The van der Waals surface area contributed by atoms with Crippen LogP contribution in [0.15, 0.2) is 22.7 Å². The zero-order chi connectivity index (χ0) is 7.84. The number of phenolic OH excluding ortho intramolecular Hbond substituents is 1. The average molecular weight is 151 g/mol. The molecule has 0 aliphatic carbocycles. The van der Waals surface area contributed by atoms with Gasteiger partial charge in [-0.15, -0.1) is 0 Å². The summed E-state index contributed by atoms with van der Waals surface area (Å²) in [5, 5.41) is 21.8. The Hall–Kier alpha value is -1.71. The first-order chi connectivity index (χ1) is 5.27. The molecule has 56 valence electrons. The summed E-state index contributed by atoms with van der Waals surface area (Å²) in [6, 6.07) is 4.39. The number of aromatic hydroxyl groups is 2. The van der Waals surface area contributed by atoms with Crippen molar-refractivity contribution in [1.29, 1.82) is 0 Å².